The van der Waals surface area contributed by atoms with Crippen molar-refractivity contribution in [3.05, 3.63) is 12.7 Å². The fraction of sp³-hybridized carbons (Fsp3) is 0.667. The third-order valence-electron chi connectivity index (χ3n) is 2.72. The number of amides is 1. The molecule has 1 aliphatic heterocycles. The number of likely N-dealkylation sites (N-methyl/N-ethyl adjacent to an activating group) is 1. The summed E-state index contributed by atoms with van der Waals surface area (Å²) in [6.45, 7) is 2.42. The lowest BCUT2D eigenvalue weighted by atomic mass is 10.1. The van der Waals surface area contributed by atoms with Crippen LogP contribution in [0.3, 0.4) is 0 Å². The molecule has 2 heterocycles. The van der Waals surface area contributed by atoms with Gasteiger partial charge in [-0.05, 0) is 0 Å². The lowest BCUT2D eigenvalue weighted by Gasteiger charge is -2.35. The van der Waals surface area contributed by atoms with Crippen LogP contribution in [0.5, 0.6) is 0 Å². The van der Waals surface area contributed by atoms with Crippen LogP contribution in [0.2, 0.25) is 0 Å². The van der Waals surface area contributed by atoms with Gasteiger partial charge >= 0.3 is 0 Å². The van der Waals surface area contributed by atoms with E-state index in [1.807, 2.05) is 11.9 Å². The first-order valence-electron chi connectivity index (χ1n) is 5.06. The van der Waals surface area contributed by atoms with Gasteiger partial charge in [0.2, 0.25) is 5.91 Å². The summed E-state index contributed by atoms with van der Waals surface area (Å²) in [6, 6.07) is 0.369. The van der Waals surface area contributed by atoms with Crippen LogP contribution >= 0.6 is 12.4 Å². The fourth-order valence-corrected chi connectivity index (χ4v) is 1.49. The van der Waals surface area contributed by atoms with Crippen molar-refractivity contribution in [1.82, 2.24) is 25.0 Å². The van der Waals surface area contributed by atoms with Crippen LogP contribution in [0.4, 0.5) is 0 Å². The Morgan fingerprint density at radius 2 is 2.38 bits per heavy atom. The minimum atomic E-state index is 0. The predicted molar refractivity (Wildman–Crippen MR) is 61.3 cm³/mol. The summed E-state index contributed by atoms with van der Waals surface area (Å²) in [5.74, 6) is 0.164. The highest BCUT2D eigenvalue weighted by Gasteiger charge is 2.24. The molecule has 1 saturated heterocycles. The number of hydrogen-bond donors (Lipinski definition) is 1. The number of nitrogens with zero attached hydrogens (tertiary/aromatic N) is 4. The smallest absolute Gasteiger partial charge is 0.224 e. The minimum Gasteiger partial charge on any atom is -0.340 e. The molecule has 0 aromatic carbocycles. The molecular formula is C9H16ClN5O. The molecule has 90 valence electrons. The van der Waals surface area contributed by atoms with Gasteiger partial charge in [-0.1, -0.05) is 0 Å². The highest BCUT2D eigenvalue weighted by Crippen LogP contribution is 2.04. The molecule has 0 unspecified atom stereocenters. The first kappa shape index (κ1) is 12.9. The van der Waals surface area contributed by atoms with E-state index >= 15 is 0 Å². The molecule has 0 atom stereocenters. The van der Waals surface area contributed by atoms with E-state index in [1.54, 1.807) is 11.0 Å². The van der Waals surface area contributed by atoms with Gasteiger partial charge in [-0.3, -0.25) is 9.48 Å². The Bertz CT molecular complexity index is 325. The molecule has 1 fully saturated rings. The molecule has 0 spiro atoms. The van der Waals surface area contributed by atoms with Crippen LogP contribution in [-0.4, -0.2) is 51.8 Å². The van der Waals surface area contributed by atoms with Crippen molar-refractivity contribution in [1.29, 1.82) is 0 Å². The van der Waals surface area contributed by atoms with Crippen molar-refractivity contribution in [2.75, 3.05) is 20.1 Å². The Labute approximate surface area is 100 Å². The summed E-state index contributed by atoms with van der Waals surface area (Å²) in [4.78, 5) is 17.3. The summed E-state index contributed by atoms with van der Waals surface area (Å²) >= 11 is 0. The Kier molecular flexibility index (Phi) is 4.70. The molecule has 6 nitrogen and oxygen atoms in total. The number of carbonyl (C=O) groups excluding carboxylic acids is 1. The third-order valence-corrected chi connectivity index (χ3v) is 2.72. The van der Waals surface area contributed by atoms with E-state index in [-0.39, 0.29) is 18.3 Å². The number of rotatable bonds is 4. The van der Waals surface area contributed by atoms with E-state index < -0.39 is 0 Å². The first-order chi connectivity index (χ1) is 7.27. The average Bonchev–Trinajstić information content (AvgIpc) is 2.63. The minimum absolute atomic E-state index is 0. The summed E-state index contributed by atoms with van der Waals surface area (Å²) in [5.41, 5.74) is 0. The monoisotopic (exact) mass is 245 g/mol. The Morgan fingerprint density at radius 3 is 2.88 bits per heavy atom. The normalized spacial score (nSPS) is 15.1. The molecule has 2 rings (SSSR count). The topological polar surface area (TPSA) is 63.1 Å². The molecule has 1 amide bonds. The van der Waals surface area contributed by atoms with Crippen molar-refractivity contribution in [3.8, 4) is 0 Å². The molecule has 1 aromatic rings. The highest BCUT2D eigenvalue weighted by molar-refractivity contribution is 5.85. The number of aromatic nitrogens is 3. The standard InChI is InChI=1S/C9H15N5O.ClH/c1-13(8-4-10-5-8)9(15)2-3-14-7-11-6-12-14;/h6-8,10H,2-5H2,1H3;1H. The third kappa shape index (κ3) is 2.93. The van der Waals surface area contributed by atoms with E-state index in [1.165, 1.54) is 6.33 Å². The quantitative estimate of drug-likeness (QED) is 0.779. The zero-order valence-corrected chi connectivity index (χ0v) is 9.98. The molecule has 0 saturated carbocycles. The van der Waals surface area contributed by atoms with Crippen molar-refractivity contribution < 1.29 is 4.79 Å². The molecule has 16 heavy (non-hydrogen) atoms. The molecule has 7 heteroatoms. The van der Waals surface area contributed by atoms with Crippen LogP contribution in [0.25, 0.3) is 0 Å². The zero-order valence-electron chi connectivity index (χ0n) is 9.17. The molecule has 1 aromatic heterocycles. The fourth-order valence-electron chi connectivity index (χ4n) is 1.49. The number of carbonyl (C=O) groups is 1. The summed E-state index contributed by atoms with van der Waals surface area (Å²) in [6.07, 6.45) is 3.58. The second-order valence-corrected chi connectivity index (χ2v) is 3.73. The van der Waals surface area contributed by atoms with Gasteiger partial charge in [0.05, 0.1) is 12.6 Å². The second-order valence-electron chi connectivity index (χ2n) is 3.73. The first-order valence-corrected chi connectivity index (χ1v) is 5.06. The predicted octanol–water partition coefficient (Wildman–Crippen LogP) is -0.480. The van der Waals surface area contributed by atoms with Crippen molar-refractivity contribution in [2.45, 2.75) is 19.0 Å². The lowest BCUT2D eigenvalue weighted by Crippen LogP contribution is -2.57. The van der Waals surface area contributed by atoms with Crippen LogP contribution in [0.1, 0.15) is 6.42 Å². The van der Waals surface area contributed by atoms with Gasteiger partial charge in [-0.2, -0.15) is 5.10 Å². The van der Waals surface area contributed by atoms with Crippen LogP contribution < -0.4 is 5.32 Å². The maximum Gasteiger partial charge on any atom is 0.224 e. The summed E-state index contributed by atoms with van der Waals surface area (Å²) < 4.78 is 1.67. The number of nitrogens with one attached hydrogen (secondary N) is 1. The van der Waals surface area contributed by atoms with Crippen molar-refractivity contribution in [3.63, 3.8) is 0 Å². The maximum absolute atomic E-state index is 11.7. The van der Waals surface area contributed by atoms with E-state index in [0.717, 1.165) is 13.1 Å². The molecule has 1 aliphatic rings. The van der Waals surface area contributed by atoms with Gasteiger partial charge in [0.15, 0.2) is 0 Å². The van der Waals surface area contributed by atoms with Crippen LogP contribution in [-0.2, 0) is 11.3 Å². The van der Waals surface area contributed by atoms with Gasteiger partial charge in [-0.25, -0.2) is 4.98 Å². The Morgan fingerprint density at radius 1 is 1.62 bits per heavy atom. The largest absolute Gasteiger partial charge is 0.340 e. The Hall–Kier alpha value is -1.14. The SMILES string of the molecule is CN(C(=O)CCn1cncn1)C1CNC1.Cl. The summed E-state index contributed by atoms with van der Waals surface area (Å²) in [5, 5.41) is 7.09. The van der Waals surface area contributed by atoms with Crippen molar-refractivity contribution in [2.24, 2.45) is 0 Å². The van der Waals surface area contributed by atoms with Crippen molar-refractivity contribution >= 4 is 18.3 Å². The van der Waals surface area contributed by atoms with E-state index in [0.29, 0.717) is 19.0 Å². The Balaban J connectivity index is 0.00000128. The highest BCUT2D eigenvalue weighted by atomic mass is 35.5. The van der Waals surface area contributed by atoms with E-state index in [9.17, 15) is 4.79 Å². The van der Waals surface area contributed by atoms with E-state index in [2.05, 4.69) is 15.4 Å². The van der Waals surface area contributed by atoms with Gasteiger partial charge in [-0.15, -0.1) is 12.4 Å². The number of aryl methyl sites for hydroxylation is 1. The van der Waals surface area contributed by atoms with Gasteiger partial charge in [0.25, 0.3) is 0 Å². The van der Waals surface area contributed by atoms with Crippen LogP contribution in [0, 0.1) is 0 Å². The van der Waals surface area contributed by atoms with E-state index in [4.69, 9.17) is 0 Å². The molecule has 0 bridgehead atoms. The molecule has 1 N–H and O–H groups in total. The van der Waals surface area contributed by atoms with Crippen LogP contribution in [0.15, 0.2) is 12.7 Å². The number of halogens is 1. The summed E-state index contributed by atoms with van der Waals surface area (Å²) in [7, 11) is 1.86. The van der Waals surface area contributed by atoms with Gasteiger partial charge < -0.3 is 10.2 Å². The lowest BCUT2D eigenvalue weighted by molar-refractivity contribution is -0.133. The maximum atomic E-state index is 11.7. The van der Waals surface area contributed by atoms with Gasteiger partial charge in [0.1, 0.15) is 12.7 Å². The molecule has 0 aliphatic carbocycles. The number of hydrogen-bond acceptors (Lipinski definition) is 4. The second kappa shape index (κ2) is 5.81. The van der Waals surface area contributed by atoms with Gasteiger partial charge in [0, 0.05) is 26.6 Å². The average molecular weight is 246 g/mol. The molecule has 0 radical (unpaired) electrons. The molecular weight excluding hydrogens is 230 g/mol. The zero-order chi connectivity index (χ0) is 10.7.